The lowest BCUT2D eigenvalue weighted by Gasteiger charge is -2.36. The Morgan fingerprint density at radius 1 is 0.909 bits per heavy atom. The molecule has 116 valence electrons. The van der Waals surface area contributed by atoms with Crippen molar-refractivity contribution in [2.24, 2.45) is 0 Å². The first kappa shape index (κ1) is 14.6. The molecule has 0 radical (unpaired) electrons. The van der Waals surface area contributed by atoms with Crippen molar-refractivity contribution in [3.8, 4) is 0 Å². The summed E-state index contributed by atoms with van der Waals surface area (Å²) in [7, 11) is 0. The maximum absolute atomic E-state index is 12.8. The number of aromatic nitrogens is 2. The standard InChI is InChI=1S/C15H15F3N4/c16-15(17,18)12-3-1-4-13(11-12)21-7-9-22(10-8-21)14-5-2-6-19-20-14/h1-6,11H,7-10H2. The molecule has 4 nitrogen and oxygen atoms in total. The third-order valence-corrected chi connectivity index (χ3v) is 3.70. The molecule has 2 aromatic rings. The molecule has 7 heteroatoms. The highest BCUT2D eigenvalue weighted by Crippen LogP contribution is 2.32. The summed E-state index contributed by atoms with van der Waals surface area (Å²) in [5.41, 5.74) is -0.00465. The summed E-state index contributed by atoms with van der Waals surface area (Å²) in [4.78, 5) is 4.04. The summed E-state index contributed by atoms with van der Waals surface area (Å²) in [5, 5.41) is 7.90. The van der Waals surface area contributed by atoms with Crippen molar-refractivity contribution in [2.45, 2.75) is 6.18 Å². The van der Waals surface area contributed by atoms with Crippen molar-refractivity contribution < 1.29 is 13.2 Å². The SMILES string of the molecule is FC(F)(F)c1cccc(N2CCN(c3cccnn3)CC2)c1. The first-order chi connectivity index (χ1) is 10.5. The third-order valence-electron chi connectivity index (χ3n) is 3.70. The average molecular weight is 308 g/mol. The van der Waals surface area contributed by atoms with Crippen LogP contribution < -0.4 is 9.80 Å². The van der Waals surface area contributed by atoms with E-state index >= 15 is 0 Å². The normalized spacial score (nSPS) is 16.0. The van der Waals surface area contributed by atoms with Gasteiger partial charge in [0.15, 0.2) is 5.82 Å². The van der Waals surface area contributed by atoms with E-state index in [1.807, 2.05) is 17.0 Å². The fourth-order valence-electron chi connectivity index (χ4n) is 2.53. The number of rotatable bonds is 2. The maximum atomic E-state index is 12.8. The van der Waals surface area contributed by atoms with Crippen LogP contribution in [0.3, 0.4) is 0 Å². The summed E-state index contributed by atoms with van der Waals surface area (Å²) >= 11 is 0. The minimum atomic E-state index is -4.31. The van der Waals surface area contributed by atoms with Gasteiger partial charge in [-0.3, -0.25) is 0 Å². The molecule has 0 atom stereocenters. The molecule has 1 fully saturated rings. The Bertz CT molecular complexity index is 622. The minimum absolute atomic E-state index is 0.605. The van der Waals surface area contributed by atoms with Crippen LogP contribution in [0.5, 0.6) is 0 Å². The summed E-state index contributed by atoms with van der Waals surface area (Å²) in [6, 6.07) is 9.17. The van der Waals surface area contributed by atoms with Gasteiger partial charge in [0, 0.05) is 38.1 Å². The van der Waals surface area contributed by atoms with Gasteiger partial charge in [-0.2, -0.15) is 18.3 Å². The van der Waals surface area contributed by atoms with E-state index < -0.39 is 11.7 Å². The molecule has 0 aliphatic carbocycles. The molecule has 0 amide bonds. The van der Waals surface area contributed by atoms with Crippen LogP contribution in [0.2, 0.25) is 0 Å². The zero-order chi connectivity index (χ0) is 15.6. The van der Waals surface area contributed by atoms with E-state index in [0.29, 0.717) is 31.9 Å². The first-order valence-electron chi connectivity index (χ1n) is 6.99. The number of alkyl halides is 3. The lowest BCUT2D eigenvalue weighted by atomic mass is 10.1. The van der Waals surface area contributed by atoms with Crippen LogP contribution >= 0.6 is 0 Å². The van der Waals surface area contributed by atoms with E-state index in [0.717, 1.165) is 11.9 Å². The molecule has 0 spiro atoms. The van der Waals surface area contributed by atoms with E-state index in [9.17, 15) is 13.2 Å². The van der Waals surface area contributed by atoms with E-state index in [1.165, 1.54) is 12.1 Å². The van der Waals surface area contributed by atoms with Crippen LogP contribution in [-0.2, 0) is 6.18 Å². The summed E-state index contributed by atoms with van der Waals surface area (Å²) in [6.07, 6.45) is -2.69. The van der Waals surface area contributed by atoms with Crippen molar-refractivity contribution >= 4 is 11.5 Å². The molecule has 3 rings (SSSR count). The largest absolute Gasteiger partial charge is 0.416 e. The Morgan fingerprint density at radius 3 is 2.27 bits per heavy atom. The molecule has 0 N–H and O–H groups in total. The quantitative estimate of drug-likeness (QED) is 0.854. The van der Waals surface area contributed by atoms with Crippen LogP contribution in [0.15, 0.2) is 42.6 Å². The number of benzene rings is 1. The Hall–Kier alpha value is -2.31. The van der Waals surface area contributed by atoms with Crippen LogP contribution in [-0.4, -0.2) is 36.4 Å². The Balaban J connectivity index is 1.69. The summed E-state index contributed by atoms with van der Waals surface area (Å²) in [5.74, 6) is 0.797. The van der Waals surface area contributed by atoms with Gasteiger partial charge in [0.05, 0.1) is 5.56 Å². The highest BCUT2D eigenvalue weighted by Gasteiger charge is 2.31. The summed E-state index contributed by atoms with van der Waals surface area (Å²) < 4.78 is 38.3. The number of hydrogen-bond acceptors (Lipinski definition) is 4. The Kier molecular flexibility index (Phi) is 3.87. The molecule has 0 bridgehead atoms. The molecule has 1 aliphatic heterocycles. The molecule has 0 saturated carbocycles. The molecule has 1 aromatic heterocycles. The van der Waals surface area contributed by atoms with Gasteiger partial charge < -0.3 is 9.80 Å². The first-order valence-corrected chi connectivity index (χ1v) is 6.99. The molecule has 2 heterocycles. The van der Waals surface area contributed by atoms with E-state index in [4.69, 9.17) is 0 Å². The molecule has 0 unspecified atom stereocenters. The number of hydrogen-bond donors (Lipinski definition) is 0. The van der Waals surface area contributed by atoms with Gasteiger partial charge in [-0.05, 0) is 30.3 Å². The second kappa shape index (κ2) is 5.82. The third kappa shape index (κ3) is 3.13. The molecule has 1 saturated heterocycles. The highest BCUT2D eigenvalue weighted by molar-refractivity contribution is 5.51. The van der Waals surface area contributed by atoms with Crippen molar-refractivity contribution in [1.82, 2.24) is 10.2 Å². The van der Waals surface area contributed by atoms with Gasteiger partial charge >= 0.3 is 6.18 Å². The topological polar surface area (TPSA) is 32.3 Å². The summed E-state index contributed by atoms with van der Waals surface area (Å²) in [6.45, 7) is 2.71. The lowest BCUT2D eigenvalue weighted by molar-refractivity contribution is -0.137. The smallest absolute Gasteiger partial charge is 0.368 e. The van der Waals surface area contributed by atoms with E-state index in [1.54, 1.807) is 12.3 Å². The second-order valence-electron chi connectivity index (χ2n) is 5.10. The highest BCUT2D eigenvalue weighted by atomic mass is 19.4. The fraction of sp³-hybridized carbons (Fsp3) is 0.333. The van der Waals surface area contributed by atoms with Gasteiger partial charge in [-0.25, -0.2) is 0 Å². The van der Waals surface area contributed by atoms with E-state index in [2.05, 4.69) is 15.1 Å². The molecule has 22 heavy (non-hydrogen) atoms. The second-order valence-corrected chi connectivity index (χ2v) is 5.10. The predicted octanol–water partition coefficient (Wildman–Crippen LogP) is 2.82. The number of anilines is 2. The zero-order valence-electron chi connectivity index (χ0n) is 11.8. The fourth-order valence-corrected chi connectivity index (χ4v) is 2.53. The maximum Gasteiger partial charge on any atom is 0.416 e. The van der Waals surface area contributed by atoms with Gasteiger partial charge in [-0.1, -0.05) is 6.07 Å². The molecular weight excluding hydrogens is 293 g/mol. The molecular formula is C15H15F3N4. The monoisotopic (exact) mass is 308 g/mol. The average Bonchev–Trinajstić information content (AvgIpc) is 2.55. The van der Waals surface area contributed by atoms with Crippen molar-refractivity contribution in [3.05, 3.63) is 48.2 Å². The van der Waals surface area contributed by atoms with Crippen molar-refractivity contribution in [1.29, 1.82) is 0 Å². The van der Waals surface area contributed by atoms with Crippen LogP contribution in [0.25, 0.3) is 0 Å². The van der Waals surface area contributed by atoms with Crippen molar-refractivity contribution in [2.75, 3.05) is 36.0 Å². The molecule has 1 aliphatic rings. The van der Waals surface area contributed by atoms with Crippen LogP contribution in [0.4, 0.5) is 24.7 Å². The minimum Gasteiger partial charge on any atom is -0.368 e. The van der Waals surface area contributed by atoms with Gasteiger partial charge in [-0.15, -0.1) is 5.10 Å². The Labute approximate surface area is 126 Å². The van der Waals surface area contributed by atoms with Crippen molar-refractivity contribution in [3.63, 3.8) is 0 Å². The predicted molar refractivity (Wildman–Crippen MR) is 77.9 cm³/mol. The van der Waals surface area contributed by atoms with Crippen LogP contribution in [0.1, 0.15) is 5.56 Å². The Morgan fingerprint density at radius 2 is 1.64 bits per heavy atom. The lowest BCUT2D eigenvalue weighted by Crippen LogP contribution is -2.46. The molecule has 1 aromatic carbocycles. The van der Waals surface area contributed by atoms with Crippen LogP contribution in [0, 0.1) is 0 Å². The zero-order valence-corrected chi connectivity index (χ0v) is 11.8. The number of piperazine rings is 1. The van der Waals surface area contributed by atoms with E-state index in [-0.39, 0.29) is 0 Å². The van der Waals surface area contributed by atoms with Gasteiger partial charge in [0.1, 0.15) is 0 Å². The van der Waals surface area contributed by atoms with Gasteiger partial charge in [0.2, 0.25) is 0 Å². The number of halogens is 3. The number of nitrogens with zero attached hydrogens (tertiary/aromatic N) is 4. The van der Waals surface area contributed by atoms with Gasteiger partial charge in [0.25, 0.3) is 0 Å².